The highest BCUT2D eigenvalue weighted by molar-refractivity contribution is 8.00. The largest absolute Gasteiger partial charge is 0.465 e. The van der Waals surface area contributed by atoms with Crippen LogP contribution in [0.15, 0.2) is 0 Å². The molecule has 15 heavy (non-hydrogen) atoms. The lowest BCUT2D eigenvalue weighted by Gasteiger charge is -2.15. The van der Waals surface area contributed by atoms with Crippen LogP contribution in [0.2, 0.25) is 0 Å². The van der Waals surface area contributed by atoms with E-state index in [9.17, 15) is 4.79 Å². The number of ether oxygens (including phenoxy) is 1. The Morgan fingerprint density at radius 2 is 2.07 bits per heavy atom. The number of esters is 1. The van der Waals surface area contributed by atoms with Crippen LogP contribution in [0.5, 0.6) is 0 Å². The molecule has 88 valence electrons. The zero-order chi connectivity index (χ0) is 11.1. The van der Waals surface area contributed by atoms with Crippen LogP contribution >= 0.6 is 11.8 Å². The number of carbonyl (C=O) groups is 1. The maximum Gasteiger partial charge on any atom is 0.319 e. The van der Waals surface area contributed by atoms with Crippen molar-refractivity contribution in [2.75, 3.05) is 12.4 Å². The molecule has 1 atom stereocenters. The van der Waals surface area contributed by atoms with Crippen molar-refractivity contribution < 1.29 is 9.53 Å². The van der Waals surface area contributed by atoms with Crippen molar-refractivity contribution in [1.82, 2.24) is 0 Å². The molecule has 0 aromatic heterocycles. The smallest absolute Gasteiger partial charge is 0.319 e. The first-order chi connectivity index (χ1) is 7.27. The predicted octanol–water partition coefficient (Wildman–Crippen LogP) is 3.25. The SMILES string of the molecule is CCOC(=O)C(CC)SCC1CCCC1. The standard InChI is InChI=1S/C12H22O2S/c1-3-11(12(13)14-4-2)15-9-10-7-5-6-8-10/h10-11H,3-9H2,1-2H3. The van der Waals surface area contributed by atoms with E-state index in [1.54, 1.807) is 11.8 Å². The van der Waals surface area contributed by atoms with E-state index in [0.29, 0.717) is 6.61 Å². The first kappa shape index (κ1) is 12.9. The average Bonchev–Trinajstić information content (AvgIpc) is 2.72. The van der Waals surface area contributed by atoms with Crippen molar-refractivity contribution in [3.05, 3.63) is 0 Å². The predicted molar refractivity (Wildman–Crippen MR) is 65.1 cm³/mol. The quantitative estimate of drug-likeness (QED) is 0.655. The van der Waals surface area contributed by atoms with Crippen LogP contribution in [0.25, 0.3) is 0 Å². The molecule has 0 aromatic carbocycles. The van der Waals surface area contributed by atoms with Gasteiger partial charge in [-0.3, -0.25) is 4.79 Å². The molecule has 0 bridgehead atoms. The lowest BCUT2D eigenvalue weighted by Crippen LogP contribution is -2.20. The molecule has 1 aliphatic carbocycles. The van der Waals surface area contributed by atoms with Crippen LogP contribution in [-0.2, 0) is 9.53 Å². The van der Waals surface area contributed by atoms with E-state index in [1.807, 2.05) is 6.92 Å². The molecule has 1 saturated carbocycles. The summed E-state index contributed by atoms with van der Waals surface area (Å²) in [6.07, 6.45) is 6.34. The summed E-state index contributed by atoms with van der Waals surface area (Å²) in [5.41, 5.74) is 0. The minimum absolute atomic E-state index is 0.0250. The number of carbonyl (C=O) groups excluding carboxylic acids is 1. The maximum atomic E-state index is 11.5. The Morgan fingerprint density at radius 1 is 1.40 bits per heavy atom. The van der Waals surface area contributed by atoms with Crippen molar-refractivity contribution in [2.24, 2.45) is 5.92 Å². The van der Waals surface area contributed by atoms with Gasteiger partial charge in [-0.25, -0.2) is 0 Å². The second-order valence-electron chi connectivity index (χ2n) is 4.13. The van der Waals surface area contributed by atoms with Gasteiger partial charge in [-0.1, -0.05) is 19.8 Å². The average molecular weight is 230 g/mol. The van der Waals surface area contributed by atoms with Gasteiger partial charge in [0.15, 0.2) is 0 Å². The lowest BCUT2D eigenvalue weighted by molar-refractivity contribution is -0.142. The van der Waals surface area contributed by atoms with Gasteiger partial charge in [0.05, 0.1) is 6.61 Å². The third-order valence-corrected chi connectivity index (χ3v) is 4.52. The zero-order valence-electron chi connectivity index (χ0n) is 9.83. The number of rotatable bonds is 6. The highest BCUT2D eigenvalue weighted by Gasteiger charge is 2.21. The maximum absolute atomic E-state index is 11.5. The van der Waals surface area contributed by atoms with Gasteiger partial charge in [0, 0.05) is 0 Å². The second kappa shape index (κ2) is 7.15. The Kier molecular flexibility index (Phi) is 6.15. The monoisotopic (exact) mass is 230 g/mol. The van der Waals surface area contributed by atoms with Gasteiger partial charge in [-0.05, 0) is 37.9 Å². The van der Waals surface area contributed by atoms with Crippen LogP contribution in [0.3, 0.4) is 0 Å². The third kappa shape index (κ3) is 4.45. The molecule has 0 aromatic rings. The molecule has 0 aliphatic heterocycles. The van der Waals surface area contributed by atoms with E-state index < -0.39 is 0 Å². The van der Waals surface area contributed by atoms with Crippen molar-refractivity contribution in [1.29, 1.82) is 0 Å². The molecule has 1 rings (SSSR count). The highest BCUT2D eigenvalue weighted by Crippen LogP contribution is 2.30. The van der Waals surface area contributed by atoms with E-state index in [2.05, 4.69) is 6.92 Å². The molecular formula is C12H22O2S. The Morgan fingerprint density at radius 3 is 2.60 bits per heavy atom. The van der Waals surface area contributed by atoms with Crippen LogP contribution in [0.4, 0.5) is 0 Å². The van der Waals surface area contributed by atoms with E-state index in [0.717, 1.165) is 18.1 Å². The van der Waals surface area contributed by atoms with Crippen LogP contribution in [0.1, 0.15) is 46.0 Å². The van der Waals surface area contributed by atoms with Gasteiger partial charge >= 0.3 is 5.97 Å². The highest BCUT2D eigenvalue weighted by atomic mass is 32.2. The molecular weight excluding hydrogens is 208 g/mol. The Hall–Kier alpha value is -0.180. The van der Waals surface area contributed by atoms with Crippen molar-refractivity contribution in [3.8, 4) is 0 Å². The molecule has 0 radical (unpaired) electrons. The number of thioether (sulfide) groups is 1. The first-order valence-electron chi connectivity index (χ1n) is 6.06. The summed E-state index contributed by atoms with van der Waals surface area (Å²) < 4.78 is 5.05. The van der Waals surface area contributed by atoms with Gasteiger partial charge < -0.3 is 4.74 Å². The van der Waals surface area contributed by atoms with Crippen molar-refractivity contribution in [2.45, 2.75) is 51.2 Å². The topological polar surface area (TPSA) is 26.3 Å². The lowest BCUT2D eigenvalue weighted by atomic mass is 10.1. The molecule has 1 aliphatic rings. The summed E-state index contributed by atoms with van der Waals surface area (Å²) in [6.45, 7) is 4.43. The Labute approximate surface area is 97.1 Å². The Balaban J connectivity index is 2.23. The van der Waals surface area contributed by atoms with Crippen LogP contribution in [0, 0.1) is 5.92 Å². The zero-order valence-corrected chi connectivity index (χ0v) is 10.6. The summed E-state index contributed by atoms with van der Waals surface area (Å²) in [5, 5.41) is 0.0607. The summed E-state index contributed by atoms with van der Waals surface area (Å²) in [6, 6.07) is 0. The van der Waals surface area contributed by atoms with Gasteiger partial charge in [-0.2, -0.15) is 0 Å². The minimum Gasteiger partial charge on any atom is -0.465 e. The first-order valence-corrected chi connectivity index (χ1v) is 7.11. The van der Waals surface area contributed by atoms with Gasteiger partial charge in [0.25, 0.3) is 0 Å². The van der Waals surface area contributed by atoms with Gasteiger partial charge in [-0.15, -0.1) is 11.8 Å². The van der Waals surface area contributed by atoms with Crippen molar-refractivity contribution >= 4 is 17.7 Å². The van der Waals surface area contributed by atoms with Gasteiger partial charge in [0.1, 0.15) is 5.25 Å². The van der Waals surface area contributed by atoms with Gasteiger partial charge in [0.2, 0.25) is 0 Å². The molecule has 0 saturated heterocycles. The molecule has 3 heteroatoms. The molecule has 1 unspecified atom stereocenters. The third-order valence-electron chi connectivity index (χ3n) is 2.93. The van der Waals surface area contributed by atoms with Crippen molar-refractivity contribution in [3.63, 3.8) is 0 Å². The normalized spacial score (nSPS) is 19.1. The van der Waals surface area contributed by atoms with E-state index in [4.69, 9.17) is 4.74 Å². The van der Waals surface area contributed by atoms with E-state index in [-0.39, 0.29) is 11.2 Å². The molecule has 0 spiro atoms. The fourth-order valence-electron chi connectivity index (χ4n) is 2.02. The molecule has 0 N–H and O–H groups in total. The summed E-state index contributed by atoms with van der Waals surface area (Å²) in [4.78, 5) is 11.5. The summed E-state index contributed by atoms with van der Waals surface area (Å²) in [7, 11) is 0. The second-order valence-corrected chi connectivity index (χ2v) is 5.37. The van der Waals surface area contributed by atoms with E-state index in [1.165, 1.54) is 25.7 Å². The van der Waals surface area contributed by atoms with Crippen LogP contribution in [-0.4, -0.2) is 23.6 Å². The number of hydrogen-bond donors (Lipinski definition) is 0. The minimum atomic E-state index is -0.0250. The fraction of sp³-hybridized carbons (Fsp3) is 0.917. The molecule has 0 amide bonds. The Bertz CT molecular complexity index is 188. The fourth-order valence-corrected chi connectivity index (χ4v) is 3.29. The molecule has 1 fully saturated rings. The van der Waals surface area contributed by atoms with Crippen LogP contribution < -0.4 is 0 Å². The molecule has 0 heterocycles. The summed E-state index contributed by atoms with van der Waals surface area (Å²) >= 11 is 1.79. The summed E-state index contributed by atoms with van der Waals surface area (Å²) in [5.74, 6) is 1.96. The number of hydrogen-bond acceptors (Lipinski definition) is 3. The molecule has 2 nitrogen and oxygen atoms in total. The van der Waals surface area contributed by atoms with E-state index >= 15 is 0 Å².